The van der Waals surface area contributed by atoms with Crippen molar-refractivity contribution in [3.63, 3.8) is 0 Å². The van der Waals surface area contributed by atoms with Crippen LogP contribution in [0.5, 0.6) is 0 Å². The molecule has 2 N–H and O–H groups in total. The number of esters is 1. The van der Waals surface area contributed by atoms with Gasteiger partial charge in [0.05, 0.1) is 13.5 Å². The van der Waals surface area contributed by atoms with Crippen molar-refractivity contribution >= 4 is 17.6 Å². The molecule has 122 valence electrons. The van der Waals surface area contributed by atoms with Crippen molar-refractivity contribution in [2.24, 2.45) is 0 Å². The maximum atomic E-state index is 12.9. The molecule has 1 aromatic carbocycles. The number of rotatable bonds is 4. The van der Waals surface area contributed by atoms with E-state index in [2.05, 4.69) is 10.1 Å². The summed E-state index contributed by atoms with van der Waals surface area (Å²) in [6.45, 7) is 1.43. The predicted octanol–water partition coefficient (Wildman–Crippen LogP) is 1.93. The van der Waals surface area contributed by atoms with Gasteiger partial charge in [-0.15, -0.1) is 0 Å². The molecule has 0 bridgehead atoms. The Balaban J connectivity index is 2.95. The number of amides is 1. The SMILES string of the molecule is COC(=O)[C@](O)(CC(=O)Nc1ccc(F)cc1C)C(F)(F)F. The average molecular weight is 323 g/mol. The van der Waals surface area contributed by atoms with Gasteiger partial charge >= 0.3 is 12.1 Å². The minimum atomic E-state index is -5.39. The summed E-state index contributed by atoms with van der Waals surface area (Å²) in [5.41, 5.74) is -3.64. The second kappa shape index (κ2) is 6.30. The Hall–Kier alpha value is -2.16. The van der Waals surface area contributed by atoms with Gasteiger partial charge in [0, 0.05) is 5.69 Å². The van der Waals surface area contributed by atoms with Crippen molar-refractivity contribution in [1.29, 1.82) is 0 Å². The van der Waals surface area contributed by atoms with Crippen LogP contribution in [0.1, 0.15) is 12.0 Å². The van der Waals surface area contributed by atoms with Gasteiger partial charge in [0.15, 0.2) is 0 Å². The highest BCUT2D eigenvalue weighted by Gasteiger charge is 2.61. The van der Waals surface area contributed by atoms with Gasteiger partial charge in [-0.3, -0.25) is 4.79 Å². The van der Waals surface area contributed by atoms with Crippen LogP contribution < -0.4 is 5.32 Å². The molecule has 0 heterocycles. The van der Waals surface area contributed by atoms with E-state index in [-0.39, 0.29) is 11.3 Å². The molecule has 0 spiro atoms. The van der Waals surface area contributed by atoms with Gasteiger partial charge in [-0.1, -0.05) is 0 Å². The third-order valence-electron chi connectivity index (χ3n) is 2.87. The monoisotopic (exact) mass is 323 g/mol. The van der Waals surface area contributed by atoms with E-state index in [9.17, 15) is 32.3 Å². The highest BCUT2D eigenvalue weighted by atomic mass is 19.4. The molecular weight excluding hydrogens is 310 g/mol. The maximum Gasteiger partial charge on any atom is 0.428 e. The lowest BCUT2D eigenvalue weighted by Gasteiger charge is -2.27. The van der Waals surface area contributed by atoms with Gasteiger partial charge in [-0.2, -0.15) is 13.2 Å². The van der Waals surface area contributed by atoms with Gasteiger partial charge in [-0.05, 0) is 30.7 Å². The van der Waals surface area contributed by atoms with Crippen molar-refractivity contribution in [2.45, 2.75) is 25.1 Å². The number of ether oxygens (including phenoxy) is 1. The van der Waals surface area contributed by atoms with E-state index in [4.69, 9.17) is 0 Å². The van der Waals surface area contributed by atoms with Gasteiger partial charge in [-0.25, -0.2) is 9.18 Å². The van der Waals surface area contributed by atoms with Crippen LogP contribution in [0, 0.1) is 12.7 Å². The molecule has 0 aromatic heterocycles. The molecule has 0 radical (unpaired) electrons. The zero-order valence-electron chi connectivity index (χ0n) is 11.6. The number of hydrogen-bond donors (Lipinski definition) is 2. The molecule has 1 atom stereocenters. The van der Waals surface area contributed by atoms with Crippen LogP contribution in [-0.4, -0.2) is 35.9 Å². The Labute approximate surface area is 122 Å². The fourth-order valence-corrected chi connectivity index (χ4v) is 1.65. The first-order valence-electron chi connectivity index (χ1n) is 5.95. The summed E-state index contributed by atoms with van der Waals surface area (Å²) in [6.07, 6.45) is -6.98. The third-order valence-corrected chi connectivity index (χ3v) is 2.87. The first-order valence-corrected chi connectivity index (χ1v) is 5.95. The van der Waals surface area contributed by atoms with Crippen LogP contribution in [0.25, 0.3) is 0 Å². The van der Waals surface area contributed by atoms with Crippen molar-refractivity contribution in [1.82, 2.24) is 0 Å². The molecule has 0 saturated heterocycles. The average Bonchev–Trinajstić information content (AvgIpc) is 2.39. The summed E-state index contributed by atoms with van der Waals surface area (Å²) < 4.78 is 55.2. The van der Waals surface area contributed by atoms with E-state index in [0.717, 1.165) is 18.2 Å². The number of alkyl halides is 3. The molecule has 1 aromatic rings. The lowest BCUT2D eigenvalue weighted by molar-refractivity contribution is -0.261. The molecule has 0 aliphatic heterocycles. The number of carbonyl (C=O) groups is 2. The Kier molecular flexibility index (Phi) is 5.13. The molecule has 0 fully saturated rings. The fraction of sp³-hybridized carbons (Fsp3) is 0.385. The highest BCUT2D eigenvalue weighted by Crippen LogP contribution is 2.34. The molecule has 1 rings (SSSR count). The number of methoxy groups -OCH3 is 1. The van der Waals surface area contributed by atoms with Crippen LogP contribution >= 0.6 is 0 Å². The molecular formula is C13H13F4NO4. The quantitative estimate of drug-likeness (QED) is 0.656. The van der Waals surface area contributed by atoms with Gasteiger partial charge in [0.2, 0.25) is 5.91 Å². The molecule has 0 aliphatic rings. The second-order valence-electron chi connectivity index (χ2n) is 4.53. The van der Waals surface area contributed by atoms with E-state index in [0.29, 0.717) is 7.11 Å². The van der Waals surface area contributed by atoms with Crippen LogP contribution in [0.4, 0.5) is 23.2 Å². The summed E-state index contributed by atoms with van der Waals surface area (Å²) in [5, 5.41) is 11.5. The minimum Gasteiger partial charge on any atom is -0.467 e. The largest absolute Gasteiger partial charge is 0.467 e. The van der Waals surface area contributed by atoms with Crippen LogP contribution in [-0.2, 0) is 14.3 Å². The number of carbonyl (C=O) groups excluding carboxylic acids is 2. The van der Waals surface area contributed by atoms with Crippen molar-refractivity contribution in [3.05, 3.63) is 29.6 Å². The summed E-state index contributed by atoms with van der Waals surface area (Å²) in [7, 11) is 0.654. The Morgan fingerprint density at radius 1 is 1.32 bits per heavy atom. The van der Waals surface area contributed by atoms with Crippen molar-refractivity contribution in [2.75, 3.05) is 12.4 Å². The summed E-state index contributed by atoms with van der Waals surface area (Å²) in [5.74, 6) is -3.86. The van der Waals surface area contributed by atoms with Gasteiger partial charge in [0.1, 0.15) is 5.82 Å². The standard InChI is InChI=1S/C13H13F4NO4/c1-7-5-8(14)3-4-9(7)18-10(19)6-12(21,11(20)22-2)13(15,16)17/h3-5,21H,6H2,1-2H3,(H,18,19)/t12-/m1/s1. The first-order chi connectivity index (χ1) is 10.0. The van der Waals surface area contributed by atoms with Crippen LogP contribution in [0.3, 0.4) is 0 Å². The van der Waals surface area contributed by atoms with Crippen LogP contribution in [0.15, 0.2) is 18.2 Å². The van der Waals surface area contributed by atoms with Crippen molar-refractivity contribution in [3.8, 4) is 0 Å². The van der Waals surface area contributed by atoms with E-state index in [1.165, 1.54) is 6.92 Å². The van der Waals surface area contributed by atoms with Crippen LogP contribution in [0.2, 0.25) is 0 Å². The minimum absolute atomic E-state index is 0.0563. The molecule has 0 aliphatic carbocycles. The number of hydrogen-bond acceptors (Lipinski definition) is 4. The molecule has 0 unspecified atom stereocenters. The number of aryl methyl sites for hydroxylation is 1. The summed E-state index contributed by atoms with van der Waals surface area (Å²) in [4.78, 5) is 22.8. The Morgan fingerprint density at radius 2 is 1.91 bits per heavy atom. The first kappa shape index (κ1) is 17.9. The third kappa shape index (κ3) is 3.73. The zero-order chi connectivity index (χ0) is 17.1. The molecule has 5 nitrogen and oxygen atoms in total. The van der Waals surface area contributed by atoms with Gasteiger partial charge in [0.25, 0.3) is 5.60 Å². The highest BCUT2D eigenvalue weighted by molar-refractivity contribution is 5.96. The lowest BCUT2D eigenvalue weighted by atomic mass is 9.98. The van der Waals surface area contributed by atoms with E-state index in [1.807, 2.05) is 0 Å². The summed E-state index contributed by atoms with van der Waals surface area (Å²) in [6, 6.07) is 3.21. The number of nitrogens with one attached hydrogen (secondary N) is 1. The number of halogens is 4. The molecule has 0 saturated carbocycles. The summed E-state index contributed by atoms with van der Waals surface area (Å²) >= 11 is 0. The number of aliphatic hydroxyl groups is 1. The van der Waals surface area contributed by atoms with E-state index >= 15 is 0 Å². The maximum absolute atomic E-state index is 12.9. The number of benzene rings is 1. The Morgan fingerprint density at radius 3 is 2.36 bits per heavy atom. The molecule has 9 heteroatoms. The number of anilines is 1. The second-order valence-corrected chi connectivity index (χ2v) is 4.53. The normalized spacial score (nSPS) is 14.1. The van der Waals surface area contributed by atoms with Crippen molar-refractivity contribution < 1.29 is 37.0 Å². The predicted molar refractivity (Wildman–Crippen MR) is 67.4 cm³/mol. The Bertz CT molecular complexity index is 588. The zero-order valence-corrected chi connectivity index (χ0v) is 11.6. The molecule has 1 amide bonds. The smallest absolute Gasteiger partial charge is 0.428 e. The van der Waals surface area contributed by atoms with E-state index < -0.39 is 35.9 Å². The van der Waals surface area contributed by atoms with Gasteiger partial charge < -0.3 is 15.2 Å². The van der Waals surface area contributed by atoms with E-state index in [1.54, 1.807) is 0 Å². The topological polar surface area (TPSA) is 75.6 Å². The molecule has 22 heavy (non-hydrogen) atoms. The fourth-order valence-electron chi connectivity index (χ4n) is 1.65. The lowest BCUT2D eigenvalue weighted by Crippen LogP contribution is -2.54.